The van der Waals surface area contributed by atoms with Gasteiger partial charge in [0.1, 0.15) is 6.07 Å². The second-order valence-corrected chi connectivity index (χ2v) is 7.01. The Morgan fingerprint density at radius 2 is 1.83 bits per heavy atom. The van der Waals surface area contributed by atoms with E-state index in [1.54, 1.807) is 30.6 Å². The van der Waals surface area contributed by atoms with E-state index in [1.165, 1.54) is 25.1 Å². The summed E-state index contributed by atoms with van der Waals surface area (Å²) in [5.74, 6) is 0.803. The number of aromatic nitrogens is 3. The first kappa shape index (κ1) is 21.6. The van der Waals surface area contributed by atoms with Gasteiger partial charge in [-0.05, 0) is 48.7 Å². The van der Waals surface area contributed by atoms with Gasteiger partial charge in [0.15, 0.2) is 5.75 Å². The second kappa shape index (κ2) is 10.6. The van der Waals surface area contributed by atoms with Crippen molar-refractivity contribution in [1.82, 2.24) is 15.0 Å². The van der Waals surface area contributed by atoms with Crippen LogP contribution in [0.4, 0.5) is 0 Å². The van der Waals surface area contributed by atoms with Crippen LogP contribution in [-0.4, -0.2) is 28.7 Å². The molecule has 152 valence electrons. The van der Waals surface area contributed by atoms with Crippen LogP contribution in [0.3, 0.4) is 0 Å². The second-order valence-electron chi connectivity index (χ2n) is 6.20. The zero-order valence-corrected chi connectivity index (χ0v) is 17.7. The highest BCUT2D eigenvalue weighted by Gasteiger charge is 2.13. The molecular weight excluding hydrogens is 423 g/mol. The predicted molar refractivity (Wildman–Crippen MR) is 117 cm³/mol. The number of aryl methyl sites for hydroxylation is 1. The molecule has 0 aromatic carbocycles. The molecule has 3 aromatic rings. The largest absolute Gasteiger partial charge is 0.491 e. The van der Waals surface area contributed by atoms with Gasteiger partial charge in [0.25, 0.3) is 5.88 Å². The normalized spacial score (nSPS) is 11.1. The average Bonchev–Trinajstić information content (AvgIpc) is 2.77. The molecule has 0 bridgehead atoms. The van der Waals surface area contributed by atoms with Crippen LogP contribution >= 0.6 is 23.2 Å². The van der Waals surface area contributed by atoms with Crippen LogP contribution < -0.4 is 9.47 Å². The van der Waals surface area contributed by atoms with Crippen molar-refractivity contribution in [2.24, 2.45) is 0 Å². The van der Waals surface area contributed by atoms with Crippen LogP contribution in [0.5, 0.6) is 11.6 Å². The fourth-order valence-corrected chi connectivity index (χ4v) is 3.17. The van der Waals surface area contributed by atoms with Gasteiger partial charge in [-0.3, -0.25) is 9.97 Å². The van der Waals surface area contributed by atoms with E-state index in [9.17, 15) is 5.26 Å². The zero-order valence-electron chi connectivity index (χ0n) is 16.2. The molecule has 0 unspecified atom stereocenters. The molecule has 3 rings (SSSR count). The number of methoxy groups -OCH3 is 1. The Bertz CT molecular complexity index is 1060. The van der Waals surface area contributed by atoms with Crippen LogP contribution in [0.25, 0.3) is 11.6 Å². The number of allylic oxidation sites excluding steroid dienone is 1. The number of hydrogen-bond donors (Lipinski definition) is 0. The molecule has 8 heteroatoms. The monoisotopic (exact) mass is 440 g/mol. The summed E-state index contributed by atoms with van der Waals surface area (Å²) in [5, 5.41) is 10.3. The third kappa shape index (κ3) is 5.47. The van der Waals surface area contributed by atoms with Crippen LogP contribution in [0.15, 0.2) is 49.1 Å². The standard InChI is InChI=1S/C22H18Cl2N4O2/c1-29-21-5-4-20(16(12-25)11-17-18(23)13-27-14-19(17)24)28-22(21)30-10-2-3-15-6-8-26-9-7-15/h4-9,11,13-14H,2-3,10H2,1H3/b16-11+. The molecular formula is C22H18Cl2N4O2. The fraction of sp³-hybridized carbons (Fsp3) is 0.182. The lowest BCUT2D eigenvalue weighted by Crippen LogP contribution is -2.04. The van der Waals surface area contributed by atoms with Crippen LogP contribution in [0.2, 0.25) is 10.0 Å². The summed E-state index contributed by atoms with van der Waals surface area (Å²) >= 11 is 12.3. The van der Waals surface area contributed by atoms with Gasteiger partial charge in [0.2, 0.25) is 0 Å². The Morgan fingerprint density at radius 3 is 2.50 bits per heavy atom. The first-order chi connectivity index (χ1) is 14.6. The predicted octanol–water partition coefficient (Wildman–Crippen LogP) is 5.26. The summed E-state index contributed by atoms with van der Waals surface area (Å²) in [4.78, 5) is 12.4. The molecule has 0 amide bonds. The lowest BCUT2D eigenvalue weighted by Gasteiger charge is -2.11. The van der Waals surface area contributed by atoms with Gasteiger partial charge in [0, 0.05) is 30.4 Å². The van der Waals surface area contributed by atoms with Crippen LogP contribution in [0.1, 0.15) is 23.2 Å². The molecule has 0 aliphatic rings. The Labute approximate surface area is 184 Å². The van der Waals surface area contributed by atoms with Gasteiger partial charge >= 0.3 is 0 Å². The Morgan fingerprint density at radius 1 is 1.10 bits per heavy atom. The van der Waals surface area contributed by atoms with Crippen molar-refractivity contribution in [3.63, 3.8) is 0 Å². The van der Waals surface area contributed by atoms with Crippen LogP contribution in [-0.2, 0) is 6.42 Å². The topological polar surface area (TPSA) is 80.9 Å². The number of nitrogens with zero attached hydrogens (tertiary/aromatic N) is 4. The van der Waals surface area contributed by atoms with Crippen molar-refractivity contribution >= 4 is 34.9 Å². The highest BCUT2D eigenvalue weighted by Crippen LogP contribution is 2.30. The van der Waals surface area contributed by atoms with Crippen LogP contribution in [0, 0.1) is 11.3 Å². The Balaban J connectivity index is 1.79. The van der Waals surface area contributed by atoms with E-state index >= 15 is 0 Å². The molecule has 0 saturated heterocycles. The molecule has 0 atom stereocenters. The number of nitriles is 1. The third-order valence-corrected chi connectivity index (χ3v) is 4.82. The van der Waals surface area contributed by atoms with Crippen molar-refractivity contribution in [1.29, 1.82) is 5.26 Å². The Kier molecular flexibility index (Phi) is 7.61. The first-order valence-electron chi connectivity index (χ1n) is 9.10. The van der Waals surface area contributed by atoms with E-state index in [1.807, 2.05) is 12.1 Å². The summed E-state index contributed by atoms with van der Waals surface area (Å²) in [6, 6.07) is 9.47. The molecule has 0 spiro atoms. The lowest BCUT2D eigenvalue weighted by molar-refractivity contribution is 0.277. The van der Waals surface area contributed by atoms with Gasteiger partial charge in [-0.15, -0.1) is 0 Å². The molecule has 0 saturated carbocycles. The van der Waals surface area contributed by atoms with Gasteiger partial charge in [-0.1, -0.05) is 23.2 Å². The Hall–Kier alpha value is -3.14. The van der Waals surface area contributed by atoms with E-state index in [4.69, 9.17) is 32.7 Å². The smallest absolute Gasteiger partial charge is 0.257 e. The molecule has 0 aliphatic carbocycles. The fourth-order valence-electron chi connectivity index (χ4n) is 2.70. The SMILES string of the molecule is COc1ccc(/C(C#N)=C/c2c(Cl)cncc2Cl)nc1OCCCc1ccncc1. The molecule has 3 aromatic heterocycles. The van der Waals surface area contributed by atoms with Crippen molar-refractivity contribution in [2.75, 3.05) is 13.7 Å². The molecule has 3 heterocycles. The van der Waals surface area contributed by atoms with Crippen molar-refractivity contribution in [3.05, 3.63) is 75.9 Å². The average molecular weight is 441 g/mol. The van der Waals surface area contributed by atoms with Gasteiger partial charge in [0.05, 0.1) is 35.0 Å². The summed E-state index contributed by atoms with van der Waals surface area (Å²) in [6.45, 7) is 0.447. The third-order valence-electron chi connectivity index (χ3n) is 4.22. The van der Waals surface area contributed by atoms with Crippen molar-refractivity contribution < 1.29 is 9.47 Å². The first-order valence-corrected chi connectivity index (χ1v) is 9.86. The zero-order chi connectivity index (χ0) is 21.3. The maximum atomic E-state index is 9.64. The lowest BCUT2D eigenvalue weighted by atomic mass is 10.1. The van der Waals surface area contributed by atoms with Gasteiger partial charge in [-0.2, -0.15) is 5.26 Å². The van der Waals surface area contributed by atoms with Crippen molar-refractivity contribution in [3.8, 4) is 17.7 Å². The maximum absolute atomic E-state index is 9.64. The van der Waals surface area contributed by atoms with E-state index in [0.717, 1.165) is 12.8 Å². The summed E-state index contributed by atoms with van der Waals surface area (Å²) in [5.41, 5.74) is 2.39. The number of halogens is 2. The van der Waals surface area contributed by atoms with E-state index < -0.39 is 0 Å². The molecule has 0 radical (unpaired) electrons. The number of pyridine rings is 3. The highest BCUT2D eigenvalue weighted by atomic mass is 35.5. The van der Waals surface area contributed by atoms with Gasteiger partial charge in [-0.25, -0.2) is 4.98 Å². The minimum Gasteiger partial charge on any atom is -0.491 e. The maximum Gasteiger partial charge on any atom is 0.257 e. The minimum atomic E-state index is 0.286. The molecule has 0 fully saturated rings. The molecule has 0 N–H and O–H groups in total. The van der Waals surface area contributed by atoms with E-state index in [-0.39, 0.29) is 5.57 Å². The molecule has 0 aliphatic heterocycles. The van der Waals surface area contributed by atoms with Crippen molar-refractivity contribution in [2.45, 2.75) is 12.8 Å². The minimum absolute atomic E-state index is 0.286. The molecule has 6 nitrogen and oxygen atoms in total. The number of ether oxygens (including phenoxy) is 2. The van der Waals surface area contributed by atoms with E-state index in [2.05, 4.69) is 21.0 Å². The highest BCUT2D eigenvalue weighted by molar-refractivity contribution is 6.37. The molecule has 30 heavy (non-hydrogen) atoms. The number of rotatable bonds is 8. The quantitative estimate of drug-likeness (QED) is 0.350. The van der Waals surface area contributed by atoms with E-state index in [0.29, 0.717) is 39.5 Å². The number of hydrogen-bond acceptors (Lipinski definition) is 6. The summed E-state index contributed by atoms with van der Waals surface area (Å²) in [7, 11) is 1.54. The van der Waals surface area contributed by atoms with Gasteiger partial charge < -0.3 is 9.47 Å². The summed E-state index contributed by atoms with van der Waals surface area (Å²) in [6.07, 6.45) is 9.69. The summed E-state index contributed by atoms with van der Waals surface area (Å²) < 4.78 is 11.2.